The highest BCUT2D eigenvalue weighted by Crippen LogP contribution is 2.31. The zero-order chi connectivity index (χ0) is 12.3. The fraction of sp³-hybridized carbons (Fsp3) is 1.00. The predicted molar refractivity (Wildman–Crippen MR) is 74.3 cm³/mol. The van der Waals surface area contributed by atoms with Crippen molar-refractivity contribution in [3.63, 3.8) is 0 Å². The first-order valence-corrected chi connectivity index (χ1v) is 7.66. The average Bonchev–Trinajstić information content (AvgIpc) is 3.14. The summed E-state index contributed by atoms with van der Waals surface area (Å²) in [5.41, 5.74) is 0. The summed E-state index contributed by atoms with van der Waals surface area (Å²) in [5, 5.41) is 3.61. The van der Waals surface area contributed by atoms with Gasteiger partial charge >= 0.3 is 0 Å². The third-order valence-corrected chi connectivity index (χ3v) is 4.20. The zero-order valence-corrected chi connectivity index (χ0v) is 11.9. The van der Waals surface area contributed by atoms with Crippen molar-refractivity contribution in [1.29, 1.82) is 0 Å². The highest BCUT2D eigenvalue weighted by molar-refractivity contribution is 4.83. The van der Waals surface area contributed by atoms with E-state index in [1.165, 1.54) is 51.6 Å². The molecule has 1 atom stereocenters. The quantitative estimate of drug-likeness (QED) is 0.621. The Bertz CT molecular complexity index is 219. The molecule has 2 nitrogen and oxygen atoms in total. The smallest absolute Gasteiger partial charge is 0.00702 e. The van der Waals surface area contributed by atoms with Gasteiger partial charge in [-0.05, 0) is 71.8 Å². The molecule has 2 rings (SSSR count). The molecular weight excluding hydrogens is 208 g/mol. The molecule has 0 aromatic rings. The van der Waals surface area contributed by atoms with E-state index in [2.05, 4.69) is 31.0 Å². The fourth-order valence-corrected chi connectivity index (χ4v) is 2.66. The van der Waals surface area contributed by atoms with Crippen LogP contribution in [-0.4, -0.2) is 36.1 Å². The van der Waals surface area contributed by atoms with Gasteiger partial charge in [0.05, 0.1) is 0 Å². The molecule has 2 heteroatoms. The Morgan fingerprint density at radius 2 is 1.82 bits per heavy atom. The second-order valence-corrected chi connectivity index (χ2v) is 6.45. The van der Waals surface area contributed by atoms with Crippen molar-refractivity contribution < 1.29 is 0 Å². The van der Waals surface area contributed by atoms with Crippen molar-refractivity contribution in [1.82, 2.24) is 10.2 Å². The molecule has 0 aromatic carbocycles. The van der Waals surface area contributed by atoms with E-state index in [0.29, 0.717) is 6.04 Å². The molecule has 0 aliphatic heterocycles. The lowest BCUT2D eigenvalue weighted by Gasteiger charge is -2.33. The van der Waals surface area contributed by atoms with E-state index in [1.54, 1.807) is 0 Å². The van der Waals surface area contributed by atoms with Crippen LogP contribution < -0.4 is 5.32 Å². The van der Waals surface area contributed by atoms with Gasteiger partial charge in [-0.15, -0.1) is 0 Å². The van der Waals surface area contributed by atoms with E-state index >= 15 is 0 Å². The number of nitrogens with zero attached hydrogens (tertiary/aromatic N) is 1. The van der Waals surface area contributed by atoms with Crippen molar-refractivity contribution in [2.75, 3.05) is 13.1 Å². The summed E-state index contributed by atoms with van der Waals surface area (Å²) < 4.78 is 0. The van der Waals surface area contributed by atoms with Crippen LogP contribution in [0, 0.1) is 5.92 Å². The van der Waals surface area contributed by atoms with Gasteiger partial charge in [0.1, 0.15) is 0 Å². The van der Waals surface area contributed by atoms with Crippen LogP contribution in [0.3, 0.4) is 0 Å². The maximum absolute atomic E-state index is 3.61. The molecule has 2 saturated carbocycles. The van der Waals surface area contributed by atoms with Gasteiger partial charge in [-0.3, -0.25) is 4.90 Å². The molecule has 0 saturated heterocycles. The minimum absolute atomic E-state index is 0.710. The van der Waals surface area contributed by atoms with Gasteiger partial charge in [-0.2, -0.15) is 0 Å². The minimum Gasteiger partial charge on any atom is -0.314 e. The third-order valence-electron chi connectivity index (χ3n) is 4.20. The summed E-state index contributed by atoms with van der Waals surface area (Å²) in [6.07, 6.45) is 8.46. The molecule has 0 spiro atoms. The Balaban J connectivity index is 1.61. The van der Waals surface area contributed by atoms with Gasteiger partial charge in [0.15, 0.2) is 0 Å². The highest BCUT2D eigenvalue weighted by Gasteiger charge is 2.27. The summed E-state index contributed by atoms with van der Waals surface area (Å²) in [7, 11) is 0. The molecule has 0 bridgehead atoms. The lowest BCUT2D eigenvalue weighted by molar-refractivity contribution is 0.147. The van der Waals surface area contributed by atoms with E-state index in [0.717, 1.165) is 18.0 Å². The molecule has 1 unspecified atom stereocenters. The van der Waals surface area contributed by atoms with Gasteiger partial charge in [-0.1, -0.05) is 0 Å². The van der Waals surface area contributed by atoms with E-state index < -0.39 is 0 Å². The van der Waals surface area contributed by atoms with Crippen LogP contribution in [0.2, 0.25) is 0 Å². The Morgan fingerprint density at radius 3 is 2.35 bits per heavy atom. The molecule has 100 valence electrons. The van der Waals surface area contributed by atoms with Crippen LogP contribution in [0.5, 0.6) is 0 Å². The number of rotatable bonds is 9. The Morgan fingerprint density at radius 1 is 1.12 bits per heavy atom. The summed E-state index contributed by atoms with van der Waals surface area (Å²) in [5.74, 6) is 1.02. The van der Waals surface area contributed by atoms with Crippen LogP contribution in [0.15, 0.2) is 0 Å². The summed E-state index contributed by atoms with van der Waals surface area (Å²) in [4.78, 5) is 2.72. The maximum Gasteiger partial charge on any atom is 0.00702 e. The Hall–Kier alpha value is -0.0800. The molecule has 0 heterocycles. The summed E-state index contributed by atoms with van der Waals surface area (Å²) in [6, 6.07) is 2.34. The van der Waals surface area contributed by atoms with E-state index in [1.807, 2.05) is 0 Å². The van der Waals surface area contributed by atoms with Gasteiger partial charge < -0.3 is 5.32 Å². The summed E-state index contributed by atoms with van der Waals surface area (Å²) >= 11 is 0. The van der Waals surface area contributed by atoms with Crippen molar-refractivity contribution in [3.05, 3.63) is 0 Å². The van der Waals surface area contributed by atoms with Gasteiger partial charge in [0.2, 0.25) is 0 Å². The Kier molecular flexibility index (Phi) is 4.87. The van der Waals surface area contributed by atoms with Crippen molar-refractivity contribution in [2.24, 2.45) is 5.92 Å². The number of hydrogen-bond donors (Lipinski definition) is 1. The van der Waals surface area contributed by atoms with Gasteiger partial charge in [0, 0.05) is 24.7 Å². The number of nitrogens with one attached hydrogen (secondary N) is 1. The third kappa shape index (κ3) is 4.97. The van der Waals surface area contributed by atoms with Gasteiger partial charge in [-0.25, -0.2) is 0 Å². The SMILES string of the molecule is CC(C)N(CC1CC1)C(C)CCCNC1CC1. The first-order valence-electron chi connectivity index (χ1n) is 7.66. The maximum atomic E-state index is 3.61. The Labute approximate surface area is 107 Å². The first kappa shape index (κ1) is 13.4. The molecule has 0 amide bonds. The standard InChI is InChI=1S/C15H30N2/c1-12(2)17(11-14-6-7-14)13(3)5-4-10-16-15-8-9-15/h12-16H,4-11H2,1-3H3. The van der Waals surface area contributed by atoms with Crippen LogP contribution in [0.25, 0.3) is 0 Å². The molecule has 2 aliphatic rings. The largest absolute Gasteiger partial charge is 0.314 e. The average molecular weight is 238 g/mol. The van der Waals surface area contributed by atoms with E-state index in [4.69, 9.17) is 0 Å². The highest BCUT2D eigenvalue weighted by atomic mass is 15.2. The molecule has 17 heavy (non-hydrogen) atoms. The van der Waals surface area contributed by atoms with Crippen LogP contribution >= 0.6 is 0 Å². The monoisotopic (exact) mass is 238 g/mol. The van der Waals surface area contributed by atoms with Crippen LogP contribution in [0.4, 0.5) is 0 Å². The molecule has 2 aliphatic carbocycles. The van der Waals surface area contributed by atoms with Crippen molar-refractivity contribution in [2.45, 2.75) is 77.4 Å². The van der Waals surface area contributed by atoms with E-state index in [9.17, 15) is 0 Å². The van der Waals surface area contributed by atoms with Gasteiger partial charge in [0.25, 0.3) is 0 Å². The predicted octanol–water partition coefficient (Wildman–Crippen LogP) is 3.03. The second kappa shape index (κ2) is 6.19. The lowest BCUT2D eigenvalue weighted by Crippen LogP contribution is -2.40. The normalized spacial score (nSPS) is 22.4. The zero-order valence-electron chi connectivity index (χ0n) is 11.9. The summed E-state index contributed by atoms with van der Waals surface area (Å²) in [6.45, 7) is 9.68. The number of hydrogen-bond acceptors (Lipinski definition) is 2. The topological polar surface area (TPSA) is 15.3 Å². The van der Waals surface area contributed by atoms with Crippen LogP contribution in [-0.2, 0) is 0 Å². The fourth-order valence-electron chi connectivity index (χ4n) is 2.66. The molecule has 1 N–H and O–H groups in total. The molecule has 0 aromatic heterocycles. The van der Waals surface area contributed by atoms with Crippen molar-refractivity contribution in [3.8, 4) is 0 Å². The van der Waals surface area contributed by atoms with Crippen molar-refractivity contribution >= 4 is 0 Å². The molecule has 0 radical (unpaired) electrons. The first-order chi connectivity index (χ1) is 8.16. The second-order valence-electron chi connectivity index (χ2n) is 6.45. The molecule has 2 fully saturated rings. The molecular formula is C15H30N2. The van der Waals surface area contributed by atoms with E-state index in [-0.39, 0.29) is 0 Å². The van der Waals surface area contributed by atoms with Crippen LogP contribution in [0.1, 0.15) is 59.3 Å². The minimum atomic E-state index is 0.710. The lowest BCUT2D eigenvalue weighted by atomic mass is 10.1.